The second-order valence-electron chi connectivity index (χ2n) is 3.74. The third kappa shape index (κ3) is 4.16. The van der Waals surface area contributed by atoms with Gasteiger partial charge in [-0.3, -0.25) is 0 Å². The van der Waals surface area contributed by atoms with E-state index in [2.05, 4.69) is 37.0 Å². The van der Waals surface area contributed by atoms with Crippen molar-refractivity contribution in [2.75, 3.05) is 13.6 Å². The van der Waals surface area contributed by atoms with Gasteiger partial charge in [0.05, 0.1) is 4.90 Å². The van der Waals surface area contributed by atoms with E-state index in [-0.39, 0.29) is 23.7 Å². The molecule has 0 spiro atoms. The van der Waals surface area contributed by atoms with Crippen LogP contribution in [0, 0.1) is 0 Å². The molecule has 1 rings (SSSR count). The summed E-state index contributed by atoms with van der Waals surface area (Å²) in [5.41, 5.74) is 5.32. The molecule has 19 heavy (non-hydrogen) atoms. The molecule has 0 aliphatic heterocycles. The fourth-order valence-electron chi connectivity index (χ4n) is 1.28. The van der Waals surface area contributed by atoms with Crippen molar-refractivity contribution in [2.24, 2.45) is 10.9 Å². The lowest BCUT2D eigenvalue weighted by molar-refractivity contribution is 0.316. The van der Waals surface area contributed by atoms with Gasteiger partial charge in [0.1, 0.15) is 5.84 Å². The molecule has 1 aromatic rings. The third-order valence-corrected chi connectivity index (χ3v) is 5.74. The summed E-state index contributed by atoms with van der Waals surface area (Å²) in [6.45, 7) is 0.122. The van der Waals surface area contributed by atoms with Gasteiger partial charge in [-0.25, -0.2) is 12.7 Å². The van der Waals surface area contributed by atoms with Gasteiger partial charge in [0, 0.05) is 29.0 Å². The van der Waals surface area contributed by atoms with E-state index < -0.39 is 10.0 Å². The fraction of sp³-hybridized carbons (Fsp3) is 0.300. The zero-order valence-corrected chi connectivity index (χ0v) is 14.0. The van der Waals surface area contributed by atoms with E-state index in [0.29, 0.717) is 8.95 Å². The maximum Gasteiger partial charge on any atom is 0.243 e. The Morgan fingerprint density at radius 3 is 2.68 bits per heavy atom. The monoisotopic (exact) mass is 413 g/mol. The molecular weight excluding hydrogens is 402 g/mol. The van der Waals surface area contributed by atoms with Crippen LogP contribution in [0.5, 0.6) is 0 Å². The van der Waals surface area contributed by atoms with Gasteiger partial charge in [-0.1, -0.05) is 21.1 Å². The predicted octanol–water partition coefficient (Wildman–Crippen LogP) is 1.97. The van der Waals surface area contributed by atoms with Gasteiger partial charge in [-0.05, 0) is 34.1 Å². The first-order chi connectivity index (χ1) is 8.78. The molecule has 0 atom stereocenters. The molecule has 106 valence electrons. The standard InChI is InChI=1S/C10H13Br2N3O3S/c1-15(5-4-10(13)14-16)19(17,18)9-6-7(11)2-3-8(9)12/h2-3,6,16H,4-5H2,1H3,(H2,13,14). The summed E-state index contributed by atoms with van der Waals surface area (Å²) in [6.07, 6.45) is 0.151. The molecule has 0 unspecified atom stereocenters. The number of benzene rings is 1. The van der Waals surface area contributed by atoms with Crippen LogP contribution >= 0.6 is 31.9 Å². The molecule has 0 bridgehead atoms. The van der Waals surface area contributed by atoms with Crippen molar-refractivity contribution in [3.63, 3.8) is 0 Å². The molecule has 6 nitrogen and oxygen atoms in total. The molecule has 9 heteroatoms. The van der Waals surface area contributed by atoms with E-state index in [1.807, 2.05) is 0 Å². The molecule has 0 heterocycles. The number of nitrogens with two attached hydrogens (primary N) is 1. The van der Waals surface area contributed by atoms with E-state index >= 15 is 0 Å². The Labute approximate surface area is 128 Å². The summed E-state index contributed by atoms with van der Waals surface area (Å²) in [5, 5.41) is 11.2. The van der Waals surface area contributed by atoms with Crippen LogP contribution in [-0.4, -0.2) is 37.4 Å². The molecule has 0 radical (unpaired) electrons. The molecule has 0 aliphatic rings. The second-order valence-corrected chi connectivity index (χ2v) is 7.53. The maximum absolute atomic E-state index is 12.3. The van der Waals surface area contributed by atoms with Crippen LogP contribution in [-0.2, 0) is 10.0 Å². The Balaban J connectivity index is 3.00. The van der Waals surface area contributed by atoms with Gasteiger partial charge in [-0.2, -0.15) is 0 Å². The average molecular weight is 415 g/mol. The lowest BCUT2D eigenvalue weighted by atomic mass is 10.4. The van der Waals surface area contributed by atoms with Gasteiger partial charge in [-0.15, -0.1) is 0 Å². The number of hydrogen-bond donors (Lipinski definition) is 2. The fourth-order valence-corrected chi connectivity index (χ4v) is 3.92. The van der Waals surface area contributed by atoms with Gasteiger partial charge in [0.15, 0.2) is 0 Å². The first kappa shape index (κ1) is 16.4. The van der Waals surface area contributed by atoms with Gasteiger partial charge in [0.2, 0.25) is 10.0 Å². The minimum absolute atomic E-state index is 0.0182. The molecule has 0 saturated heterocycles. The van der Waals surface area contributed by atoms with Crippen molar-refractivity contribution in [3.8, 4) is 0 Å². The van der Waals surface area contributed by atoms with Crippen LogP contribution in [0.2, 0.25) is 0 Å². The average Bonchev–Trinajstić information content (AvgIpc) is 2.37. The number of sulfonamides is 1. The summed E-state index contributed by atoms with van der Waals surface area (Å²) in [7, 11) is -2.19. The zero-order chi connectivity index (χ0) is 14.6. The van der Waals surface area contributed by atoms with E-state index in [4.69, 9.17) is 10.9 Å². The quantitative estimate of drug-likeness (QED) is 0.333. The molecule has 0 saturated carbocycles. The van der Waals surface area contributed by atoms with Gasteiger partial charge in [0.25, 0.3) is 0 Å². The number of rotatable bonds is 5. The highest BCUT2D eigenvalue weighted by Gasteiger charge is 2.23. The van der Waals surface area contributed by atoms with Crippen molar-refractivity contribution < 1.29 is 13.6 Å². The highest BCUT2D eigenvalue weighted by molar-refractivity contribution is 9.11. The summed E-state index contributed by atoms with van der Waals surface area (Å²) in [6, 6.07) is 4.90. The number of oxime groups is 1. The smallest absolute Gasteiger partial charge is 0.243 e. The largest absolute Gasteiger partial charge is 0.409 e. The van der Waals surface area contributed by atoms with Crippen LogP contribution in [0.4, 0.5) is 0 Å². The normalized spacial score (nSPS) is 12.9. The Kier molecular flexibility index (Phi) is 5.78. The van der Waals surface area contributed by atoms with Crippen LogP contribution < -0.4 is 5.73 Å². The van der Waals surface area contributed by atoms with Crippen molar-refractivity contribution in [1.29, 1.82) is 0 Å². The minimum Gasteiger partial charge on any atom is -0.409 e. The Morgan fingerprint density at radius 2 is 2.11 bits per heavy atom. The first-order valence-corrected chi connectivity index (χ1v) is 8.19. The first-order valence-electron chi connectivity index (χ1n) is 5.17. The van der Waals surface area contributed by atoms with E-state index in [0.717, 1.165) is 4.31 Å². The van der Waals surface area contributed by atoms with Crippen LogP contribution in [0.15, 0.2) is 37.2 Å². The molecule has 0 aliphatic carbocycles. The summed E-state index contributed by atoms with van der Waals surface area (Å²) in [5.74, 6) is -0.0182. The Bertz CT molecular complexity index is 590. The molecule has 3 N–H and O–H groups in total. The van der Waals surface area contributed by atoms with Crippen molar-refractivity contribution in [3.05, 3.63) is 27.1 Å². The number of nitrogens with zero attached hydrogens (tertiary/aromatic N) is 2. The third-order valence-electron chi connectivity index (χ3n) is 2.39. The van der Waals surface area contributed by atoms with Gasteiger partial charge >= 0.3 is 0 Å². The number of hydrogen-bond acceptors (Lipinski definition) is 4. The second kappa shape index (κ2) is 6.69. The zero-order valence-electron chi connectivity index (χ0n) is 10.0. The van der Waals surface area contributed by atoms with Crippen molar-refractivity contribution in [2.45, 2.75) is 11.3 Å². The minimum atomic E-state index is -3.63. The molecule has 0 fully saturated rings. The number of halogens is 2. The predicted molar refractivity (Wildman–Crippen MR) is 79.7 cm³/mol. The van der Waals surface area contributed by atoms with E-state index in [9.17, 15) is 8.42 Å². The Hall–Kier alpha value is -0.640. The summed E-state index contributed by atoms with van der Waals surface area (Å²) in [4.78, 5) is 0.156. The van der Waals surface area contributed by atoms with Crippen molar-refractivity contribution in [1.82, 2.24) is 4.31 Å². The van der Waals surface area contributed by atoms with Crippen molar-refractivity contribution >= 4 is 47.7 Å². The van der Waals surface area contributed by atoms with Crippen LogP contribution in [0.25, 0.3) is 0 Å². The number of amidine groups is 1. The summed E-state index contributed by atoms with van der Waals surface area (Å²) < 4.78 is 27.0. The SMILES string of the molecule is CN(CC/C(N)=N/O)S(=O)(=O)c1cc(Br)ccc1Br. The molecule has 0 aromatic heterocycles. The highest BCUT2D eigenvalue weighted by Crippen LogP contribution is 2.27. The van der Waals surface area contributed by atoms with Gasteiger partial charge < -0.3 is 10.9 Å². The Morgan fingerprint density at radius 1 is 1.47 bits per heavy atom. The molecule has 0 amide bonds. The summed E-state index contributed by atoms with van der Waals surface area (Å²) >= 11 is 6.45. The highest BCUT2D eigenvalue weighted by atomic mass is 79.9. The lowest BCUT2D eigenvalue weighted by Crippen LogP contribution is -2.30. The van der Waals surface area contributed by atoms with E-state index in [1.165, 1.54) is 13.1 Å². The van der Waals surface area contributed by atoms with Crippen LogP contribution in [0.3, 0.4) is 0 Å². The topological polar surface area (TPSA) is 96.0 Å². The van der Waals surface area contributed by atoms with E-state index in [1.54, 1.807) is 12.1 Å². The van der Waals surface area contributed by atoms with Crippen LogP contribution in [0.1, 0.15) is 6.42 Å². The lowest BCUT2D eigenvalue weighted by Gasteiger charge is -2.17. The molecule has 1 aromatic carbocycles. The maximum atomic E-state index is 12.3. The molecular formula is C10H13Br2N3O3S.